The quantitative estimate of drug-likeness (QED) is 0.933. The Kier molecular flexibility index (Phi) is 4.01. The first-order valence-corrected chi connectivity index (χ1v) is 6.73. The molecule has 1 aliphatic heterocycles. The summed E-state index contributed by atoms with van der Waals surface area (Å²) in [5, 5.41) is 3.78. The van der Waals surface area contributed by atoms with E-state index in [4.69, 9.17) is 4.74 Å². The van der Waals surface area contributed by atoms with Crippen molar-refractivity contribution in [2.75, 3.05) is 6.61 Å². The Morgan fingerprint density at radius 3 is 2.57 bits per heavy atom. The Morgan fingerprint density at radius 1 is 1.13 bits per heavy atom. The molecular weight excluding hydrogens is 309 g/mol. The van der Waals surface area contributed by atoms with Crippen LogP contribution < -0.4 is 5.43 Å². The van der Waals surface area contributed by atoms with Gasteiger partial charge in [0.1, 0.15) is 18.1 Å². The van der Waals surface area contributed by atoms with E-state index < -0.39 is 18.3 Å². The Labute approximate surface area is 129 Å². The van der Waals surface area contributed by atoms with E-state index in [0.29, 0.717) is 11.3 Å². The maximum absolute atomic E-state index is 14.4. The summed E-state index contributed by atoms with van der Waals surface area (Å²) in [6, 6.07) is 9.89. The van der Waals surface area contributed by atoms with Gasteiger partial charge in [-0.3, -0.25) is 0 Å². The number of nitrogens with one attached hydrogen (secondary N) is 1. The zero-order chi connectivity index (χ0) is 16.4. The van der Waals surface area contributed by atoms with Crippen molar-refractivity contribution in [3.8, 4) is 11.1 Å². The number of hydrogen-bond acceptors (Lipinski definition) is 3. The van der Waals surface area contributed by atoms with Crippen molar-refractivity contribution in [3.63, 3.8) is 0 Å². The van der Waals surface area contributed by atoms with E-state index in [0.717, 1.165) is 0 Å². The molecule has 0 aliphatic carbocycles. The number of carbonyl (C=O) groups excluding carboxylic acids is 1. The molecule has 23 heavy (non-hydrogen) atoms. The number of hydrogen-bond donors (Lipinski definition) is 1. The summed E-state index contributed by atoms with van der Waals surface area (Å²) >= 11 is 0. The lowest BCUT2D eigenvalue weighted by atomic mass is 9.97. The molecule has 118 valence electrons. The van der Waals surface area contributed by atoms with E-state index >= 15 is 0 Å². The fourth-order valence-electron chi connectivity index (χ4n) is 2.31. The fraction of sp³-hybridized carbons (Fsp3) is 0.125. The van der Waals surface area contributed by atoms with Crippen LogP contribution >= 0.6 is 0 Å². The summed E-state index contributed by atoms with van der Waals surface area (Å²) in [5.74, 6) is -0.657. The van der Waals surface area contributed by atoms with Crippen molar-refractivity contribution in [3.05, 3.63) is 59.4 Å². The third-order valence-electron chi connectivity index (χ3n) is 3.41. The van der Waals surface area contributed by atoms with Gasteiger partial charge in [-0.25, -0.2) is 23.4 Å². The first-order valence-electron chi connectivity index (χ1n) is 6.73. The van der Waals surface area contributed by atoms with Crippen molar-refractivity contribution in [2.24, 2.45) is 5.10 Å². The topological polar surface area (TPSA) is 50.7 Å². The van der Waals surface area contributed by atoms with Gasteiger partial charge in [-0.2, -0.15) is 5.10 Å². The molecule has 2 aromatic rings. The number of halogens is 3. The normalized spacial score (nSPS) is 14.3. The highest BCUT2D eigenvalue weighted by atomic mass is 19.3. The molecule has 0 unspecified atom stereocenters. The minimum Gasteiger partial charge on any atom is -0.442 e. The second-order valence-electron chi connectivity index (χ2n) is 4.83. The molecule has 0 fully saturated rings. The van der Waals surface area contributed by atoms with Crippen molar-refractivity contribution in [2.45, 2.75) is 6.43 Å². The summed E-state index contributed by atoms with van der Waals surface area (Å²) in [4.78, 5) is 10.9. The standard InChI is InChI=1S/C16H11F3N2O2/c17-13-7-9(14-8-23-16(22)21-20-14)5-6-11(13)10-3-1-2-4-12(10)15(18)19/h1-7,15H,8H2,(H,21,22). The summed E-state index contributed by atoms with van der Waals surface area (Å²) in [5.41, 5.74) is 2.86. The number of rotatable bonds is 3. The fourth-order valence-corrected chi connectivity index (χ4v) is 2.31. The maximum Gasteiger partial charge on any atom is 0.428 e. The predicted molar refractivity (Wildman–Crippen MR) is 77.8 cm³/mol. The number of carbonyl (C=O) groups is 1. The van der Waals surface area contributed by atoms with Crippen LogP contribution in [0.2, 0.25) is 0 Å². The SMILES string of the molecule is O=C1NN=C(c2ccc(-c3ccccc3C(F)F)c(F)c2)CO1. The zero-order valence-corrected chi connectivity index (χ0v) is 11.7. The summed E-state index contributed by atoms with van der Waals surface area (Å²) in [6.45, 7) is -0.0851. The van der Waals surface area contributed by atoms with Crippen LogP contribution in [-0.2, 0) is 4.74 Å². The van der Waals surface area contributed by atoms with Crippen LogP contribution in [-0.4, -0.2) is 18.4 Å². The Balaban J connectivity index is 1.99. The minimum atomic E-state index is -2.70. The van der Waals surface area contributed by atoms with Gasteiger partial charge in [-0.15, -0.1) is 0 Å². The molecule has 1 aliphatic rings. The highest BCUT2D eigenvalue weighted by Crippen LogP contribution is 2.32. The van der Waals surface area contributed by atoms with Crippen molar-refractivity contribution in [1.82, 2.24) is 5.43 Å². The molecule has 0 saturated carbocycles. The number of ether oxygens (including phenoxy) is 1. The Bertz CT molecular complexity index is 791. The molecule has 1 heterocycles. The van der Waals surface area contributed by atoms with Gasteiger partial charge in [0.25, 0.3) is 6.43 Å². The van der Waals surface area contributed by atoms with Crippen LogP contribution in [0.1, 0.15) is 17.6 Å². The van der Waals surface area contributed by atoms with Crippen LogP contribution in [0.25, 0.3) is 11.1 Å². The van der Waals surface area contributed by atoms with Crippen LogP contribution in [0.4, 0.5) is 18.0 Å². The first-order chi connectivity index (χ1) is 11.1. The first kappa shape index (κ1) is 15.1. The molecule has 7 heteroatoms. The third-order valence-corrected chi connectivity index (χ3v) is 3.41. The van der Waals surface area contributed by atoms with Crippen molar-refractivity contribution < 1.29 is 22.7 Å². The van der Waals surface area contributed by atoms with Crippen LogP contribution in [0.5, 0.6) is 0 Å². The predicted octanol–water partition coefficient (Wildman–Crippen LogP) is 3.87. The molecule has 1 amide bonds. The molecule has 4 nitrogen and oxygen atoms in total. The van der Waals surface area contributed by atoms with E-state index in [2.05, 4.69) is 10.5 Å². The number of benzene rings is 2. The second kappa shape index (κ2) is 6.12. The second-order valence-corrected chi connectivity index (χ2v) is 4.83. The molecule has 0 saturated heterocycles. The largest absolute Gasteiger partial charge is 0.442 e. The molecular formula is C16H11F3N2O2. The van der Waals surface area contributed by atoms with Crippen molar-refractivity contribution >= 4 is 11.8 Å². The van der Waals surface area contributed by atoms with Crippen molar-refractivity contribution in [1.29, 1.82) is 0 Å². The van der Waals surface area contributed by atoms with Crippen LogP contribution in [0, 0.1) is 5.82 Å². The summed E-state index contributed by atoms with van der Waals surface area (Å²) < 4.78 is 45.2. The lowest BCUT2D eigenvalue weighted by molar-refractivity contribution is 0.152. The van der Waals surface area contributed by atoms with Gasteiger partial charge >= 0.3 is 6.09 Å². The van der Waals surface area contributed by atoms with E-state index in [-0.39, 0.29) is 23.3 Å². The molecule has 0 radical (unpaired) electrons. The van der Waals surface area contributed by atoms with Crippen LogP contribution in [0.15, 0.2) is 47.6 Å². The molecule has 0 bridgehead atoms. The molecule has 0 atom stereocenters. The van der Waals surface area contributed by atoms with Gasteiger partial charge < -0.3 is 4.74 Å². The highest BCUT2D eigenvalue weighted by molar-refractivity contribution is 6.04. The molecule has 0 aromatic heterocycles. The van der Waals surface area contributed by atoms with Gasteiger partial charge in [0.15, 0.2) is 0 Å². The molecule has 1 N–H and O–H groups in total. The molecule has 2 aromatic carbocycles. The van der Waals surface area contributed by atoms with E-state index in [1.165, 1.54) is 30.3 Å². The number of nitrogens with zero attached hydrogens (tertiary/aromatic N) is 1. The minimum absolute atomic E-state index is 0.0750. The highest BCUT2D eigenvalue weighted by Gasteiger charge is 2.19. The average Bonchev–Trinajstić information content (AvgIpc) is 2.55. The number of cyclic esters (lactones) is 1. The number of amides is 1. The van der Waals surface area contributed by atoms with E-state index in [1.54, 1.807) is 12.1 Å². The van der Waals surface area contributed by atoms with Gasteiger partial charge in [-0.05, 0) is 11.6 Å². The summed E-state index contributed by atoms with van der Waals surface area (Å²) in [6.07, 6.45) is -3.38. The molecule has 3 rings (SSSR count). The lowest BCUT2D eigenvalue weighted by Gasteiger charge is -2.14. The Morgan fingerprint density at radius 2 is 1.91 bits per heavy atom. The van der Waals surface area contributed by atoms with E-state index in [1.807, 2.05) is 0 Å². The van der Waals surface area contributed by atoms with Gasteiger partial charge in [0, 0.05) is 16.7 Å². The average molecular weight is 320 g/mol. The summed E-state index contributed by atoms with van der Waals surface area (Å²) in [7, 11) is 0. The van der Waals surface area contributed by atoms with E-state index in [9.17, 15) is 18.0 Å². The Hall–Kier alpha value is -2.83. The lowest BCUT2D eigenvalue weighted by Crippen LogP contribution is -2.30. The smallest absolute Gasteiger partial charge is 0.428 e. The number of alkyl halides is 2. The molecule has 0 spiro atoms. The third kappa shape index (κ3) is 3.03. The van der Waals surface area contributed by atoms with Gasteiger partial charge in [0.2, 0.25) is 0 Å². The number of hydrazone groups is 1. The monoisotopic (exact) mass is 320 g/mol. The zero-order valence-electron chi connectivity index (χ0n) is 11.7. The van der Waals surface area contributed by atoms with Gasteiger partial charge in [-0.1, -0.05) is 36.4 Å². The van der Waals surface area contributed by atoms with Gasteiger partial charge in [0.05, 0.1) is 0 Å². The maximum atomic E-state index is 14.4. The van der Waals surface area contributed by atoms with Crippen LogP contribution in [0.3, 0.4) is 0 Å².